The molecule has 0 unspecified atom stereocenters. The first-order chi connectivity index (χ1) is 9.06. The molecule has 1 aromatic heterocycles. The highest BCUT2D eigenvalue weighted by Crippen LogP contribution is 2.22. The summed E-state index contributed by atoms with van der Waals surface area (Å²) in [6, 6.07) is 1.70. The molecule has 0 radical (unpaired) electrons. The fourth-order valence-electron chi connectivity index (χ4n) is 2.61. The van der Waals surface area contributed by atoms with E-state index in [-0.39, 0.29) is 5.76 Å². The van der Waals surface area contributed by atoms with E-state index in [0.29, 0.717) is 5.92 Å². The van der Waals surface area contributed by atoms with E-state index >= 15 is 0 Å². The van der Waals surface area contributed by atoms with Gasteiger partial charge in [-0.15, -0.1) is 0 Å². The van der Waals surface area contributed by atoms with Gasteiger partial charge in [0.1, 0.15) is 5.76 Å². The molecule has 1 fully saturated rings. The lowest BCUT2D eigenvalue weighted by Crippen LogP contribution is -2.29. The van der Waals surface area contributed by atoms with E-state index in [9.17, 15) is 4.79 Å². The van der Waals surface area contributed by atoms with Crippen LogP contribution in [0.25, 0.3) is 0 Å². The Morgan fingerprint density at radius 2 is 2.05 bits per heavy atom. The minimum atomic E-state index is -0.977. The molecular weight excluding hydrogens is 242 g/mol. The fraction of sp³-hybridized carbons (Fsp3) is 0.667. The molecule has 1 aliphatic rings. The highest BCUT2D eigenvalue weighted by atomic mass is 16.4. The second-order valence-corrected chi connectivity index (χ2v) is 5.80. The SMILES string of the molecule is CC(C)Cc1oc(C(=O)O)cc1CN1CCCCC1. The normalized spacial score (nSPS) is 17.0. The minimum absolute atomic E-state index is 0.0719. The largest absolute Gasteiger partial charge is 0.475 e. The van der Waals surface area contributed by atoms with Crippen LogP contribution in [-0.4, -0.2) is 29.1 Å². The summed E-state index contributed by atoms with van der Waals surface area (Å²) in [5.41, 5.74) is 1.05. The molecule has 0 bridgehead atoms. The van der Waals surface area contributed by atoms with E-state index in [2.05, 4.69) is 18.7 Å². The Bertz CT molecular complexity index is 431. The van der Waals surface area contributed by atoms with Gasteiger partial charge >= 0.3 is 5.97 Å². The third-order valence-electron chi connectivity index (χ3n) is 3.54. The molecule has 1 aromatic rings. The number of furan rings is 1. The highest BCUT2D eigenvalue weighted by Gasteiger charge is 2.19. The zero-order valence-electron chi connectivity index (χ0n) is 11.8. The Kier molecular flexibility index (Phi) is 4.64. The number of likely N-dealkylation sites (tertiary alicyclic amines) is 1. The Morgan fingerprint density at radius 3 is 2.63 bits per heavy atom. The van der Waals surface area contributed by atoms with Crippen molar-refractivity contribution in [1.29, 1.82) is 0 Å². The lowest BCUT2D eigenvalue weighted by molar-refractivity contribution is 0.0660. The van der Waals surface area contributed by atoms with Crippen LogP contribution >= 0.6 is 0 Å². The summed E-state index contributed by atoms with van der Waals surface area (Å²) in [5, 5.41) is 9.06. The maximum Gasteiger partial charge on any atom is 0.371 e. The first-order valence-corrected chi connectivity index (χ1v) is 7.13. The minimum Gasteiger partial charge on any atom is -0.475 e. The van der Waals surface area contributed by atoms with Crippen molar-refractivity contribution >= 4 is 5.97 Å². The van der Waals surface area contributed by atoms with Crippen LogP contribution in [0.4, 0.5) is 0 Å². The summed E-state index contributed by atoms with van der Waals surface area (Å²) in [7, 11) is 0. The van der Waals surface area contributed by atoms with Crippen LogP contribution in [-0.2, 0) is 13.0 Å². The lowest BCUT2D eigenvalue weighted by atomic mass is 10.0. The molecule has 0 amide bonds. The summed E-state index contributed by atoms with van der Waals surface area (Å²) in [5.74, 6) is 0.406. The van der Waals surface area contributed by atoms with Crippen LogP contribution in [0.1, 0.15) is 55.0 Å². The van der Waals surface area contributed by atoms with Crippen LogP contribution in [0, 0.1) is 5.92 Å². The van der Waals surface area contributed by atoms with E-state index in [0.717, 1.165) is 37.4 Å². The van der Waals surface area contributed by atoms with Gasteiger partial charge in [0, 0.05) is 18.5 Å². The van der Waals surface area contributed by atoms with Gasteiger partial charge in [-0.1, -0.05) is 20.3 Å². The number of rotatable bonds is 5. The molecular formula is C15H23NO3. The molecule has 2 rings (SSSR count). The van der Waals surface area contributed by atoms with Crippen molar-refractivity contribution in [2.45, 2.75) is 46.1 Å². The molecule has 1 aliphatic heterocycles. The molecule has 19 heavy (non-hydrogen) atoms. The van der Waals surface area contributed by atoms with E-state index in [1.54, 1.807) is 6.07 Å². The smallest absolute Gasteiger partial charge is 0.371 e. The second kappa shape index (κ2) is 6.24. The number of carboxylic acid groups (broad SMARTS) is 1. The maximum atomic E-state index is 11.0. The third kappa shape index (κ3) is 3.83. The van der Waals surface area contributed by atoms with Gasteiger partial charge in [-0.3, -0.25) is 4.90 Å². The lowest BCUT2D eigenvalue weighted by Gasteiger charge is -2.26. The molecule has 0 aromatic carbocycles. The van der Waals surface area contributed by atoms with Crippen molar-refractivity contribution in [3.05, 3.63) is 23.2 Å². The molecule has 106 valence electrons. The van der Waals surface area contributed by atoms with Gasteiger partial charge in [0.15, 0.2) is 0 Å². The molecule has 0 atom stereocenters. The molecule has 4 nitrogen and oxygen atoms in total. The van der Waals surface area contributed by atoms with Gasteiger partial charge < -0.3 is 9.52 Å². The van der Waals surface area contributed by atoms with E-state index in [1.165, 1.54) is 19.3 Å². The predicted molar refractivity (Wildman–Crippen MR) is 73.3 cm³/mol. The quantitative estimate of drug-likeness (QED) is 0.888. The summed E-state index contributed by atoms with van der Waals surface area (Å²) in [6.45, 7) is 7.27. The van der Waals surface area contributed by atoms with Crippen LogP contribution in [0.15, 0.2) is 10.5 Å². The Hall–Kier alpha value is -1.29. The van der Waals surface area contributed by atoms with Crippen molar-refractivity contribution in [1.82, 2.24) is 4.90 Å². The van der Waals surface area contributed by atoms with Crippen molar-refractivity contribution in [3.8, 4) is 0 Å². The van der Waals surface area contributed by atoms with Crippen molar-refractivity contribution in [2.75, 3.05) is 13.1 Å². The number of piperidine rings is 1. The van der Waals surface area contributed by atoms with Gasteiger partial charge in [0.05, 0.1) is 0 Å². The summed E-state index contributed by atoms with van der Waals surface area (Å²) >= 11 is 0. The molecule has 1 saturated heterocycles. The first-order valence-electron chi connectivity index (χ1n) is 7.13. The summed E-state index contributed by atoms with van der Waals surface area (Å²) in [6.07, 6.45) is 4.59. The van der Waals surface area contributed by atoms with Gasteiger partial charge in [0.25, 0.3) is 0 Å². The molecule has 4 heteroatoms. The average Bonchev–Trinajstić information content (AvgIpc) is 2.73. The number of carbonyl (C=O) groups is 1. The monoisotopic (exact) mass is 265 g/mol. The zero-order valence-corrected chi connectivity index (χ0v) is 11.8. The standard InChI is InChI=1S/C15H23NO3/c1-11(2)8-13-12(9-14(19-13)15(17)18)10-16-6-4-3-5-7-16/h9,11H,3-8,10H2,1-2H3,(H,17,18). The van der Waals surface area contributed by atoms with Gasteiger partial charge in [-0.05, 0) is 37.9 Å². The Morgan fingerprint density at radius 1 is 1.37 bits per heavy atom. The third-order valence-corrected chi connectivity index (χ3v) is 3.54. The fourth-order valence-corrected chi connectivity index (χ4v) is 2.61. The maximum absolute atomic E-state index is 11.0. The van der Waals surface area contributed by atoms with Crippen molar-refractivity contribution in [3.63, 3.8) is 0 Å². The number of aromatic carboxylic acids is 1. The highest BCUT2D eigenvalue weighted by molar-refractivity contribution is 5.84. The van der Waals surface area contributed by atoms with E-state index < -0.39 is 5.97 Å². The molecule has 0 aliphatic carbocycles. The zero-order chi connectivity index (χ0) is 13.8. The van der Waals surface area contributed by atoms with Gasteiger partial charge in [0.2, 0.25) is 5.76 Å². The number of hydrogen-bond donors (Lipinski definition) is 1. The Labute approximate surface area is 114 Å². The molecule has 2 heterocycles. The number of hydrogen-bond acceptors (Lipinski definition) is 3. The second-order valence-electron chi connectivity index (χ2n) is 5.80. The van der Waals surface area contributed by atoms with E-state index in [4.69, 9.17) is 9.52 Å². The molecule has 0 saturated carbocycles. The summed E-state index contributed by atoms with van der Waals surface area (Å²) < 4.78 is 5.50. The van der Waals surface area contributed by atoms with Crippen molar-refractivity contribution < 1.29 is 14.3 Å². The van der Waals surface area contributed by atoms with Crippen LogP contribution in [0.5, 0.6) is 0 Å². The Balaban J connectivity index is 2.13. The van der Waals surface area contributed by atoms with Gasteiger partial charge in [-0.25, -0.2) is 4.79 Å². The van der Waals surface area contributed by atoms with Crippen molar-refractivity contribution in [2.24, 2.45) is 5.92 Å². The number of nitrogens with zero attached hydrogens (tertiary/aromatic N) is 1. The summed E-state index contributed by atoms with van der Waals surface area (Å²) in [4.78, 5) is 13.4. The predicted octanol–water partition coefficient (Wildman–Crippen LogP) is 3.16. The average molecular weight is 265 g/mol. The van der Waals surface area contributed by atoms with Crippen LogP contribution < -0.4 is 0 Å². The number of carboxylic acids is 1. The van der Waals surface area contributed by atoms with Crippen LogP contribution in [0.3, 0.4) is 0 Å². The first kappa shape index (κ1) is 14.1. The molecule has 1 N–H and O–H groups in total. The van der Waals surface area contributed by atoms with Gasteiger partial charge in [-0.2, -0.15) is 0 Å². The molecule has 0 spiro atoms. The topological polar surface area (TPSA) is 53.7 Å². The van der Waals surface area contributed by atoms with Crippen LogP contribution in [0.2, 0.25) is 0 Å². The van der Waals surface area contributed by atoms with E-state index in [1.807, 2.05) is 0 Å².